The molecule has 2 aromatic rings. The van der Waals surface area contributed by atoms with Crippen molar-refractivity contribution in [2.45, 2.75) is 0 Å². The first-order chi connectivity index (χ1) is 10.9. The monoisotopic (exact) mass is 300 g/mol. The van der Waals surface area contributed by atoms with Crippen LogP contribution in [0.25, 0.3) is 0 Å². The summed E-state index contributed by atoms with van der Waals surface area (Å²) in [5, 5.41) is 11.9. The lowest BCUT2D eigenvalue weighted by molar-refractivity contribution is 0.311. The van der Waals surface area contributed by atoms with Gasteiger partial charge >= 0.3 is 0 Å². The Balaban J connectivity index is 1.61. The molecule has 1 aliphatic heterocycles. The highest BCUT2D eigenvalue weighted by Gasteiger charge is 2.19. The van der Waals surface area contributed by atoms with Crippen molar-refractivity contribution in [2.24, 2.45) is 0 Å². The number of anilines is 3. The molecule has 0 bridgehead atoms. The number of piperazine rings is 1. The minimum absolute atomic E-state index is 0.0854. The second-order valence-corrected chi connectivity index (χ2v) is 5.05. The van der Waals surface area contributed by atoms with Gasteiger partial charge in [-0.05, 0) is 18.2 Å². The Morgan fingerprint density at radius 2 is 1.82 bits per heavy atom. The lowest BCUT2D eigenvalue weighted by atomic mass is 10.3. The molecule has 1 fully saturated rings. The number of rotatable bonds is 5. The van der Waals surface area contributed by atoms with Crippen LogP contribution < -0.4 is 15.1 Å². The summed E-state index contributed by atoms with van der Waals surface area (Å²) >= 11 is 0. The SMILES string of the molecule is OCCNc1ccnc(N2CCN(c3ccccn3)CC2)n1. The maximum Gasteiger partial charge on any atom is 0.227 e. The molecule has 116 valence electrons. The van der Waals surface area contributed by atoms with E-state index in [0.717, 1.165) is 43.8 Å². The summed E-state index contributed by atoms with van der Waals surface area (Å²) in [5.41, 5.74) is 0. The van der Waals surface area contributed by atoms with Gasteiger partial charge in [0.2, 0.25) is 5.95 Å². The van der Waals surface area contributed by atoms with Crippen molar-refractivity contribution in [3.8, 4) is 0 Å². The van der Waals surface area contributed by atoms with Crippen LogP contribution in [0, 0.1) is 0 Å². The zero-order valence-electron chi connectivity index (χ0n) is 12.4. The molecular weight excluding hydrogens is 280 g/mol. The molecule has 3 rings (SSSR count). The fourth-order valence-corrected chi connectivity index (χ4v) is 2.46. The molecule has 3 heterocycles. The van der Waals surface area contributed by atoms with Gasteiger partial charge in [0.05, 0.1) is 6.61 Å². The van der Waals surface area contributed by atoms with Crippen LogP contribution >= 0.6 is 0 Å². The first-order valence-corrected chi connectivity index (χ1v) is 7.45. The van der Waals surface area contributed by atoms with Gasteiger partial charge in [0.1, 0.15) is 11.6 Å². The highest BCUT2D eigenvalue weighted by Crippen LogP contribution is 2.16. The average molecular weight is 300 g/mol. The molecule has 0 aromatic carbocycles. The maximum atomic E-state index is 8.86. The molecule has 22 heavy (non-hydrogen) atoms. The van der Waals surface area contributed by atoms with Crippen LogP contribution in [0.15, 0.2) is 36.7 Å². The summed E-state index contributed by atoms with van der Waals surface area (Å²) in [4.78, 5) is 17.7. The van der Waals surface area contributed by atoms with E-state index in [1.165, 1.54) is 0 Å². The van der Waals surface area contributed by atoms with Crippen molar-refractivity contribution in [1.29, 1.82) is 0 Å². The molecule has 0 aliphatic carbocycles. The van der Waals surface area contributed by atoms with Gasteiger partial charge in [0.15, 0.2) is 0 Å². The second-order valence-electron chi connectivity index (χ2n) is 5.05. The molecule has 1 saturated heterocycles. The van der Waals surface area contributed by atoms with E-state index in [9.17, 15) is 0 Å². The minimum Gasteiger partial charge on any atom is -0.395 e. The van der Waals surface area contributed by atoms with Crippen molar-refractivity contribution in [3.05, 3.63) is 36.7 Å². The molecule has 0 spiro atoms. The molecule has 0 unspecified atom stereocenters. The standard InChI is InChI=1S/C15H20N6O/c22-12-7-16-13-4-6-18-15(19-13)21-10-8-20(9-11-21)14-3-1-2-5-17-14/h1-6,22H,7-12H2,(H,16,18,19). The topological polar surface area (TPSA) is 77.4 Å². The highest BCUT2D eigenvalue weighted by molar-refractivity contribution is 5.44. The molecular formula is C15H20N6O. The van der Waals surface area contributed by atoms with Crippen molar-refractivity contribution in [1.82, 2.24) is 15.0 Å². The van der Waals surface area contributed by atoms with Gasteiger partial charge in [-0.3, -0.25) is 0 Å². The Kier molecular flexibility index (Phi) is 4.65. The number of nitrogens with zero attached hydrogens (tertiary/aromatic N) is 5. The highest BCUT2D eigenvalue weighted by atomic mass is 16.3. The third-order valence-corrected chi connectivity index (χ3v) is 3.60. The fourth-order valence-electron chi connectivity index (χ4n) is 2.46. The van der Waals surface area contributed by atoms with Gasteiger partial charge in [-0.25, -0.2) is 9.97 Å². The predicted octanol–water partition coefficient (Wildman–Crippen LogP) is 0.602. The summed E-state index contributed by atoms with van der Waals surface area (Å²) in [6.07, 6.45) is 3.56. The zero-order chi connectivity index (χ0) is 15.2. The maximum absolute atomic E-state index is 8.86. The number of aromatic nitrogens is 3. The predicted molar refractivity (Wildman–Crippen MR) is 86.3 cm³/mol. The molecule has 2 aromatic heterocycles. The molecule has 7 heteroatoms. The fraction of sp³-hybridized carbons (Fsp3) is 0.400. The summed E-state index contributed by atoms with van der Waals surface area (Å²) in [6, 6.07) is 7.78. The summed E-state index contributed by atoms with van der Waals surface area (Å²) in [6.45, 7) is 4.09. The van der Waals surface area contributed by atoms with E-state index in [0.29, 0.717) is 6.54 Å². The van der Waals surface area contributed by atoms with E-state index in [2.05, 4.69) is 30.1 Å². The van der Waals surface area contributed by atoms with Crippen LogP contribution in [0.2, 0.25) is 0 Å². The van der Waals surface area contributed by atoms with Gasteiger partial charge in [-0.15, -0.1) is 0 Å². The number of nitrogens with one attached hydrogen (secondary N) is 1. The summed E-state index contributed by atoms with van der Waals surface area (Å²) in [5.74, 6) is 2.48. The Morgan fingerprint density at radius 1 is 1.00 bits per heavy atom. The molecule has 2 N–H and O–H groups in total. The van der Waals surface area contributed by atoms with E-state index in [1.54, 1.807) is 6.20 Å². The van der Waals surface area contributed by atoms with E-state index < -0.39 is 0 Å². The van der Waals surface area contributed by atoms with Crippen LogP contribution in [0.5, 0.6) is 0 Å². The Bertz CT molecular complexity index is 586. The lowest BCUT2D eigenvalue weighted by Crippen LogP contribution is -2.47. The number of pyridine rings is 1. The van der Waals surface area contributed by atoms with Gasteiger partial charge < -0.3 is 20.2 Å². The number of hydrogen-bond acceptors (Lipinski definition) is 7. The number of aliphatic hydroxyl groups is 1. The number of hydrogen-bond donors (Lipinski definition) is 2. The van der Waals surface area contributed by atoms with Gasteiger partial charge in [-0.2, -0.15) is 4.98 Å². The second kappa shape index (κ2) is 7.04. The number of aliphatic hydroxyl groups excluding tert-OH is 1. The minimum atomic E-state index is 0.0854. The summed E-state index contributed by atoms with van der Waals surface area (Å²) in [7, 11) is 0. The molecule has 0 radical (unpaired) electrons. The Labute approximate surface area is 129 Å². The van der Waals surface area contributed by atoms with Gasteiger partial charge in [0, 0.05) is 45.1 Å². The van der Waals surface area contributed by atoms with E-state index in [4.69, 9.17) is 5.11 Å². The van der Waals surface area contributed by atoms with Crippen molar-refractivity contribution in [3.63, 3.8) is 0 Å². The molecule has 0 saturated carbocycles. The van der Waals surface area contributed by atoms with E-state index in [1.807, 2.05) is 30.5 Å². The smallest absolute Gasteiger partial charge is 0.227 e. The zero-order valence-corrected chi connectivity index (χ0v) is 12.4. The van der Waals surface area contributed by atoms with Crippen molar-refractivity contribution >= 4 is 17.6 Å². The molecule has 1 aliphatic rings. The quantitative estimate of drug-likeness (QED) is 0.837. The molecule has 7 nitrogen and oxygen atoms in total. The van der Waals surface area contributed by atoms with Crippen molar-refractivity contribution in [2.75, 3.05) is 54.4 Å². The van der Waals surface area contributed by atoms with Gasteiger partial charge in [-0.1, -0.05) is 6.07 Å². The van der Waals surface area contributed by atoms with Crippen molar-refractivity contribution < 1.29 is 5.11 Å². The Hall–Kier alpha value is -2.41. The summed E-state index contributed by atoms with van der Waals surface area (Å²) < 4.78 is 0. The average Bonchev–Trinajstić information content (AvgIpc) is 2.61. The van der Waals surface area contributed by atoms with E-state index >= 15 is 0 Å². The lowest BCUT2D eigenvalue weighted by Gasteiger charge is -2.35. The van der Waals surface area contributed by atoms with Crippen LogP contribution in [0.4, 0.5) is 17.6 Å². The molecule has 0 amide bonds. The van der Waals surface area contributed by atoms with Crippen LogP contribution in [0.3, 0.4) is 0 Å². The van der Waals surface area contributed by atoms with E-state index in [-0.39, 0.29) is 6.61 Å². The Morgan fingerprint density at radius 3 is 2.55 bits per heavy atom. The third kappa shape index (κ3) is 3.43. The first-order valence-electron chi connectivity index (χ1n) is 7.45. The first kappa shape index (κ1) is 14.5. The van der Waals surface area contributed by atoms with Gasteiger partial charge in [0.25, 0.3) is 0 Å². The van der Waals surface area contributed by atoms with Crippen LogP contribution in [-0.4, -0.2) is 59.4 Å². The molecule has 0 atom stereocenters. The van der Waals surface area contributed by atoms with Crippen LogP contribution in [-0.2, 0) is 0 Å². The largest absolute Gasteiger partial charge is 0.395 e. The third-order valence-electron chi connectivity index (χ3n) is 3.60. The van der Waals surface area contributed by atoms with Crippen LogP contribution in [0.1, 0.15) is 0 Å². The normalized spacial score (nSPS) is 15.0.